The minimum absolute atomic E-state index is 0.196. The Morgan fingerprint density at radius 3 is 2.90 bits per heavy atom. The van der Waals surface area contributed by atoms with Gasteiger partial charge in [-0.2, -0.15) is 0 Å². The van der Waals surface area contributed by atoms with Crippen LogP contribution in [0.4, 0.5) is 0 Å². The smallest absolute Gasteiger partial charge is 0.222 e. The van der Waals surface area contributed by atoms with Gasteiger partial charge in [-0.15, -0.1) is 0 Å². The normalized spacial score (nSPS) is 18.0. The second-order valence-electron chi connectivity index (χ2n) is 2.44. The van der Waals surface area contributed by atoms with Gasteiger partial charge in [-0.1, -0.05) is 0 Å². The van der Waals surface area contributed by atoms with Crippen molar-refractivity contribution in [2.45, 2.75) is 19.3 Å². The Kier molecular flexibility index (Phi) is 2.42. The second-order valence-corrected chi connectivity index (χ2v) is 2.44. The predicted octanol–water partition coefficient (Wildman–Crippen LogP) is 0.198. The summed E-state index contributed by atoms with van der Waals surface area (Å²) in [4.78, 5) is 22.6. The van der Waals surface area contributed by atoms with E-state index in [1.54, 1.807) is 4.90 Å². The molecule has 1 heterocycles. The summed E-state index contributed by atoms with van der Waals surface area (Å²) < 4.78 is 0. The molecule has 0 saturated carbocycles. The molecule has 0 aliphatic carbocycles. The van der Waals surface area contributed by atoms with Crippen molar-refractivity contribution in [3.05, 3.63) is 0 Å². The summed E-state index contributed by atoms with van der Waals surface area (Å²) >= 11 is 0. The van der Waals surface area contributed by atoms with Gasteiger partial charge >= 0.3 is 0 Å². The lowest BCUT2D eigenvalue weighted by Crippen LogP contribution is -2.25. The number of amides is 1. The lowest BCUT2D eigenvalue weighted by atomic mass is 10.4. The first-order valence-electron chi connectivity index (χ1n) is 3.56. The molecule has 3 heteroatoms. The molecule has 1 saturated heterocycles. The zero-order valence-corrected chi connectivity index (χ0v) is 5.88. The molecule has 3 nitrogen and oxygen atoms in total. The average molecular weight is 141 g/mol. The Morgan fingerprint density at radius 2 is 2.40 bits per heavy atom. The van der Waals surface area contributed by atoms with Crippen molar-refractivity contribution in [2.75, 3.05) is 13.1 Å². The summed E-state index contributed by atoms with van der Waals surface area (Å²) in [5, 5.41) is 0. The number of hydrogen-bond acceptors (Lipinski definition) is 2. The van der Waals surface area contributed by atoms with E-state index in [4.69, 9.17) is 0 Å². The van der Waals surface area contributed by atoms with E-state index in [-0.39, 0.29) is 5.91 Å². The van der Waals surface area contributed by atoms with Gasteiger partial charge in [0.1, 0.15) is 6.29 Å². The molecule has 10 heavy (non-hydrogen) atoms. The Hall–Kier alpha value is -0.860. The minimum atomic E-state index is 0.196. The zero-order chi connectivity index (χ0) is 7.40. The van der Waals surface area contributed by atoms with Crippen LogP contribution < -0.4 is 0 Å². The first-order chi connectivity index (χ1) is 4.84. The van der Waals surface area contributed by atoms with Crippen LogP contribution in [0.15, 0.2) is 0 Å². The minimum Gasteiger partial charge on any atom is -0.342 e. The fraction of sp³-hybridized carbons (Fsp3) is 0.714. The molecule has 0 radical (unpaired) electrons. The quantitative estimate of drug-likeness (QED) is 0.526. The number of aldehydes is 1. The summed E-state index contributed by atoms with van der Waals surface area (Å²) in [6, 6.07) is 0. The first-order valence-corrected chi connectivity index (χ1v) is 3.56. The van der Waals surface area contributed by atoms with Crippen molar-refractivity contribution in [2.24, 2.45) is 0 Å². The third-order valence-electron chi connectivity index (χ3n) is 1.69. The van der Waals surface area contributed by atoms with Crippen LogP contribution >= 0.6 is 0 Å². The molecule has 0 bridgehead atoms. The molecule has 0 aromatic rings. The molecule has 0 spiro atoms. The standard InChI is InChI=1S/C7H11NO2/c9-6-2-5-8-4-1-3-7(8)10/h6H,1-5H2. The fourth-order valence-electron chi connectivity index (χ4n) is 1.15. The maximum absolute atomic E-state index is 10.9. The molecule has 1 rings (SSSR count). The van der Waals surface area contributed by atoms with E-state index in [0.29, 0.717) is 19.4 Å². The molecule has 0 aromatic heterocycles. The first kappa shape index (κ1) is 7.25. The average Bonchev–Trinajstić information content (AvgIpc) is 2.31. The van der Waals surface area contributed by atoms with Crippen molar-refractivity contribution in [3.63, 3.8) is 0 Å². The lowest BCUT2D eigenvalue weighted by molar-refractivity contribution is -0.127. The van der Waals surface area contributed by atoms with Gasteiger partial charge in [0.05, 0.1) is 0 Å². The third-order valence-corrected chi connectivity index (χ3v) is 1.69. The zero-order valence-electron chi connectivity index (χ0n) is 5.88. The van der Waals surface area contributed by atoms with Crippen LogP contribution in [0.5, 0.6) is 0 Å². The van der Waals surface area contributed by atoms with Gasteiger partial charge in [-0.25, -0.2) is 0 Å². The summed E-state index contributed by atoms with van der Waals surface area (Å²) in [6.07, 6.45) is 2.95. The molecule has 0 atom stereocenters. The highest BCUT2D eigenvalue weighted by Gasteiger charge is 2.18. The second kappa shape index (κ2) is 3.34. The van der Waals surface area contributed by atoms with Crippen LogP contribution in [0.1, 0.15) is 19.3 Å². The lowest BCUT2D eigenvalue weighted by Gasteiger charge is -2.12. The van der Waals surface area contributed by atoms with E-state index < -0.39 is 0 Å². The van der Waals surface area contributed by atoms with Crippen LogP contribution in [0, 0.1) is 0 Å². The van der Waals surface area contributed by atoms with Gasteiger partial charge in [0, 0.05) is 25.9 Å². The molecular weight excluding hydrogens is 130 g/mol. The summed E-state index contributed by atoms with van der Waals surface area (Å²) in [7, 11) is 0. The number of hydrogen-bond donors (Lipinski definition) is 0. The number of nitrogens with zero attached hydrogens (tertiary/aromatic N) is 1. The van der Waals surface area contributed by atoms with Gasteiger partial charge in [0.15, 0.2) is 0 Å². The van der Waals surface area contributed by atoms with Crippen LogP contribution in [-0.2, 0) is 9.59 Å². The maximum atomic E-state index is 10.9. The molecular formula is C7H11NO2. The maximum Gasteiger partial charge on any atom is 0.222 e. The van der Waals surface area contributed by atoms with E-state index in [1.165, 1.54) is 0 Å². The number of likely N-dealkylation sites (tertiary alicyclic amines) is 1. The van der Waals surface area contributed by atoms with Crippen molar-refractivity contribution in [1.82, 2.24) is 4.90 Å². The van der Waals surface area contributed by atoms with Crippen molar-refractivity contribution in [1.29, 1.82) is 0 Å². The van der Waals surface area contributed by atoms with Gasteiger partial charge in [0.2, 0.25) is 5.91 Å². The van der Waals surface area contributed by atoms with Crippen molar-refractivity contribution in [3.8, 4) is 0 Å². The predicted molar refractivity (Wildman–Crippen MR) is 36.5 cm³/mol. The highest BCUT2D eigenvalue weighted by molar-refractivity contribution is 5.78. The fourth-order valence-corrected chi connectivity index (χ4v) is 1.15. The van der Waals surface area contributed by atoms with Gasteiger partial charge in [0.25, 0.3) is 0 Å². The van der Waals surface area contributed by atoms with Crippen LogP contribution in [0.2, 0.25) is 0 Å². The van der Waals surface area contributed by atoms with Crippen molar-refractivity contribution < 1.29 is 9.59 Å². The number of carbonyl (C=O) groups is 2. The van der Waals surface area contributed by atoms with Crippen LogP contribution in [-0.4, -0.2) is 30.2 Å². The molecule has 0 unspecified atom stereocenters. The number of carbonyl (C=O) groups excluding carboxylic acids is 2. The van der Waals surface area contributed by atoms with E-state index in [2.05, 4.69) is 0 Å². The van der Waals surface area contributed by atoms with Crippen LogP contribution in [0.25, 0.3) is 0 Å². The molecule has 1 fully saturated rings. The van der Waals surface area contributed by atoms with E-state index >= 15 is 0 Å². The number of rotatable bonds is 3. The summed E-state index contributed by atoms with van der Waals surface area (Å²) in [6.45, 7) is 1.45. The monoisotopic (exact) mass is 141 g/mol. The molecule has 0 aromatic carbocycles. The highest BCUT2D eigenvalue weighted by Crippen LogP contribution is 2.08. The van der Waals surface area contributed by atoms with E-state index in [1.807, 2.05) is 0 Å². The summed E-state index contributed by atoms with van der Waals surface area (Å²) in [5.41, 5.74) is 0. The van der Waals surface area contributed by atoms with Crippen LogP contribution in [0.3, 0.4) is 0 Å². The van der Waals surface area contributed by atoms with Gasteiger partial charge in [-0.05, 0) is 6.42 Å². The Labute approximate surface area is 60.0 Å². The SMILES string of the molecule is O=CCCN1CCCC1=O. The highest BCUT2D eigenvalue weighted by atomic mass is 16.2. The van der Waals surface area contributed by atoms with E-state index in [0.717, 1.165) is 19.3 Å². The van der Waals surface area contributed by atoms with Crippen molar-refractivity contribution >= 4 is 12.2 Å². The van der Waals surface area contributed by atoms with Gasteiger partial charge in [-0.3, -0.25) is 4.79 Å². The van der Waals surface area contributed by atoms with E-state index in [9.17, 15) is 9.59 Å². The molecule has 1 aliphatic heterocycles. The Balaban J connectivity index is 2.26. The largest absolute Gasteiger partial charge is 0.342 e. The third kappa shape index (κ3) is 1.56. The van der Waals surface area contributed by atoms with Gasteiger partial charge < -0.3 is 9.69 Å². The molecule has 1 aliphatic rings. The molecule has 0 N–H and O–H groups in total. The summed E-state index contributed by atoms with van der Waals surface area (Å²) in [5.74, 6) is 0.196. The molecule has 1 amide bonds. The topological polar surface area (TPSA) is 37.4 Å². The molecule has 56 valence electrons. The Bertz CT molecular complexity index is 145. The Morgan fingerprint density at radius 1 is 1.60 bits per heavy atom.